The number of unbranched alkanes of at least 4 members (excludes halogenated alkanes) is 1. The number of ketones is 1. The second-order valence-electron chi connectivity index (χ2n) is 7.51. The molecule has 0 aromatic carbocycles. The van der Waals surface area contributed by atoms with Crippen molar-refractivity contribution in [2.24, 2.45) is 5.92 Å². The Morgan fingerprint density at radius 2 is 2.17 bits per heavy atom. The monoisotopic (exact) mass is 494 g/mol. The number of aryl methyl sites for hydroxylation is 2. The Bertz CT molecular complexity index is 769. The number of carboxylic acid groups (broad SMARTS) is 1. The average molecular weight is 495 g/mol. The van der Waals surface area contributed by atoms with Crippen LogP contribution in [0.2, 0.25) is 6.32 Å². The summed E-state index contributed by atoms with van der Waals surface area (Å²) in [5.74, 6) is -0.683. The van der Waals surface area contributed by atoms with Crippen LogP contribution in [0, 0.1) is 12.8 Å². The Hall–Kier alpha value is -1.38. The normalized spacial score (nSPS) is 22.8. The second-order valence-corrected chi connectivity index (χ2v) is 9.71. The van der Waals surface area contributed by atoms with E-state index in [-0.39, 0.29) is 18.1 Å². The number of hydrogen-bond donors (Lipinski definition) is 2. The minimum absolute atomic E-state index is 0.00545. The summed E-state index contributed by atoms with van der Waals surface area (Å²) < 4.78 is 6.81. The predicted molar refractivity (Wildman–Crippen MR) is 123 cm³/mol. The van der Waals surface area contributed by atoms with Gasteiger partial charge in [0.2, 0.25) is 0 Å². The van der Waals surface area contributed by atoms with Gasteiger partial charge >= 0.3 is 5.97 Å². The molecule has 8 heteroatoms. The van der Waals surface area contributed by atoms with Gasteiger partial charge in [-0.1, -0.05) is 12.4 Å². The van der Waals surface area contributed by atoms with Crippen LogP contribution in [0.15, 0.2) is 34.5 Å². The Balaban J connectivity index is 1.89. The van der Waals surface area contributed by atoms with E-state index < -0.39 is 18.2 Å². The lowest BCUT2D eigenvalue weighted by Crippen LogP contribution is -2.22. The van der Waals surface area contributed by atoms with Crippen LogP contribution in [0.5, 0.6) is 0 Å². The van der Waals surface area contributed by atoms with Crippen molar-refractivity contribution in [2.75, 3.05) is 0 Å². The SMILES string of the molecule is [B]C[C@@H]1CC(O)[C@H](OC=CCCCC(=O)O)C1=CCC(=O)CCc1cc(Br)c(C)s1. The van der Waals surface area contributed by atoms with Crippen molar-refractivity contribution in [3.8, 4) is 0 Å². The molecular weight excluding hydrogens is 467 g/mol. The number of rotatable bonds is 12. The number of ether oxygens (including phenoxy) is 1. The Labute approximate surface area is 191 Å². The quantitative estimate of drug-likeness (QED) is 0.189. The second kappa shape index (κ2) is 12.5. The Morgan fingerprint density at radius 1 is 1.40 bits per heavy atom. The standard InChI is InChI=1S/C22H28BBrO5S/c1-14-19(24)12-17(30-14)8-6-16(25)7-9-18-15(13-23)11-20(26)22(18)29-10-4-2-3-5-21(27)28/h4,9-10,12,15,20,22,26H,2-3,5-8,11,13H2,1H3,(H,27,28)/t15-,20?,22+/m0/s1. The molecule has 3 atom stereocenters. The average Bonchev–Trinajstić information content (AvgIpc) is 3.19. The summed E-state index contributed by atoms with van der Waals surface area (Å²) in [5, 5.41) is 19.0. The number of hydrogen-bond acceptors (Lipinski definition) is 5. The van der Waals surface area contributed by atoms with Crippen molar-refractivity contribution in [1.29, 1.82) is 0 Å². The van der Waals surface area contributed by atoms with Crippen LogP contribution in [0.25, 0.3) is 0 Å². The maximum Gasteiger partial charge on any atom is 0.303 e. The van der Waals surface area contributed by atoms with E-state index in [1.54, 1.807) is 17.4 Å². The third kappa shape index (κ3) is 7.71. The third-order valence-corrected chi connectivity index (χ3v) is 7.36. The summed E-state index contributed by atoms with van der Waals surface area (Å²) in [6.45, 7) is 2.05. The van der Waals surface area contributed by atoms with Crippen molar-refractivity contribution in [1.82, 2.24) is 0 Å². The molecule has 0 saturated heterocycles. The van der Waals surface area contributed by atoms with Crippen molar-refractivity contribution >= 4 is 46.9 Å². The molecule has 2 radical (unpaired) electrons. The number of carboxylic acids is 1. The minimum atomic E-state index is -0.821. The Morgan fingerprint density at radius 3 is 2.80 bits per heavy atom. The van der Waals surface area contributed by atoms with Gasteiger partial charge in [0.05, 0.1) is 20.2 Å². The van der Waals surface area contributed by atoms with E-state index in [0.29, 0.717) is 38.4 Å². The van der Waals surface area contributed by atoms with E-state index in [9.17, 15) is 14.7 Å². The van der Waals surface area contributed by atoms with Gasteiger partial charge in [-0.25, -0.2) is 0 Å². The van der Waals surface area contributed by atoms with Crippen molar-refractivity contribution < 1.29 is 24.5 Å². The number of thiophene rings is 1. The zero-order chi connectivity index (χ0) is 22.1. The molecule has 1 unspecified atom stereocenters. The summed E-state index contributed by atoms with van der Waals surface area (Å²) >= 11 is 5.20. The van der Waals surface area contributed by atoms with E-state index in [1.165, 1.54) is 16.0 Å². The number of Topliss-reactive ketones (excluding diaryl/α,β-unsaturated/α-hetero) is 1. The first kappa shape index (κ1) is 24.9. The molecule has 0 bridgehead atoms. The van der Waals surface area contributed by atoms with Crippen LogP contribution in [-0.4, -0.2) is 42.0 Å². The fourth-order valence-corrected chi connectivity index (χ4v) is 5.11. The number of aliphatic hydroxyl groups is 1. The van der Waals surface area contributed by atoms with E-state index in [1.807, 2.05) is 13.0 Å². The van der Waals surface area contributed by atoms with Gasteiger partial charge in [0.25, 0.3) is 0 Å². The number of aliphatic carboxylic acids is 1. The lowest BCUT2D eigenvalue weighted by Gasteiger charge is -2.17. The van der Waals surface area contributed by atoms with Crippen molar-refractivity contribution in [2.45, 2.75) is 70.4 Å². The van der Waals surface area contributed by atoms with Gasteiger partial charge in [-0.2, -0.15) is 0 Å². The summed E-state index contributed by atoms with van der Waals surface area (Å²) in [7, 11) is 5.86. The molecule has 0 spiro atoms. The zero-order valence-electron chi connectivity index (χ0n) is 17.2. The van der Waals surface area contributed by atoms with Crippen LogP contribution in [0.4, 0.5) is 0 Å². The van der Waals surface area contributed by atoms with Gasteiger partial charge in [-0.05, 0) is 72.2 Å². The highest BCUT2D eigenvalue weighted by Crippen LogP contribution is 2.36. The number of allylic oxidation sites excluding steroid dienone is 2. The van der Waals surface area contributed by atoms with Crippen LogP contribution < -0.4 is 0 Å². The largest absolute Gasteiger partial charge is 0.491 e. The molecule has 1 fully saturated rings. The molecule has 1 aromatic rings. The van der Waals surface area contributed by atoms with Crippen LogP contribution in [0.1, 0.15) is 48.3 Å². The van der Waals surface area contributed by atoms with Crippen LogP contribution >= 0.6 is 27.3 Å². The zero-order valence-corrected chi connectivity index (χ0v) is 19.6. The molecule has 1 saturated carbocycles. The summed E-state index contributed by atoms with van der Waals surface area (Å²) in [6.07, 6.45) is 7.59. The summed E-state index contributed by atoms with van der Waals surface area (Å²) in [5.41, 5.74) is 0.878. The van der Waals surface area contributed by atoms with Gasteiger partial charge in [-0.3, -0.25) is 9.59 Å². The third-order valence-electron chi connectivity index (χ3n) is 5.17. The van der Waals surface area contributed by atoms with Crippen molar-refractivity contribution in [3.05, 3.63) is 44.3 Å². The highest BCUT2D eigenvalue weighted by atomic mass is 79.9. The summed E-state index contributed by atoms with van der Waals surface area (Å²) in [4.78, 5) is 25.3. The molecular formula is C22H28BBrO5S. The predicted octanol–water partition coefficient (Wildman–Crippen LogP) is 4.76. The van der Waals surface area contributed by atoms with E-state index in [4.69, 9.17) is 17.7 Å². The van der Waals surface area contributed by atoms with Gasteiger partial charge < -0.3 is 14.9 Å². The van der Waals surface area contributed by atoms with Gasteiger partial charge in [0.15, 0.2) is 0 Å². The minimum Gasteiger partial charge on any atom is -0.491 e. The number of carbonyl (C=O) groups excluding carboxylic acids is 1. The van der Waals surface area contributed by atoms with E-state index >= 15 is 0 Å². The maximum atomic E-state index is 12.4. The molecule has 5 nitrogen and oxygen atoms in total. The highest BCUT2D eigenvalue weighted by molar-refractivity contribution is 9.10. The lowest BCUT2D eigenvalue weighted by atomic mass is 9.86. The molecule has 2 N–H and O–H groups in total. The fraction of sp³-hybridized carbons (Fsp3) is 0.545. The molecule has 1 heterocycles. The molecule has 1 aromatic heterocycles. The number of carbonyl (C=O) groups is 2. The molecule has 0 amide bonds. The first-order chi connectivity index (χ1) is 14.3. The molecule has 2 rings (SSSR count). The smallest absolute Gasteiger partial charge is 0.303 e. The highest BCUT2D eigenvalue weighted by Gasteiger charge is 2.37. The van der Waals surface area contributed by atoms with E-state index in [2.05, 4.69) is 22.0 Å². The molecule has 162 valence electrons. The molecule has 30 heavy (non-hydrogen) atoms. The van der Waals surface area contributed by atoms with Gasteiger partial charge in [0, 0.05) is 33.5 Å². The van der Waals surface area contributed by atoms with Crippen molar-refractivity contribution in [3.63, 3.8) is 0 Å². The topological polar surface area (TPSA) is 83.8 Å². The van der Waals surface area contributed by atoms with Gasteiger partial charge in [0.1, 0.15) is 11.9 Å². The first-order valence-corrected chi connectivity index (χ1v) is 11.8. The molecule has 1 aliphatic rings. The lowest BCUT2D eigenvalue weighted by molar-refractivity contribution is -0.137. The van der Waals surface area contributed by atoms with Crippen LogP contribution in [-0.2, 0) is 20.7 Å². The summed E-state index contributed by atoms with van der Waals surface area (Å²) in [6, 6.07) is 2.07. The van der Waals surface area contributed by atoms with Gasteiger partial charge in [-0.15, -0.1) is 11.3 Å². The maximum absolute atomic E-state index is 12.4. The molecule has 0 aliphatic heterocycles. The number of halogens is 1. The molecule has 1 aliphatic carbocycles. The Kier molecular flexibility index (Phi) is 10.3. The van der Waals surface area contributed by atoms with E-state index in [0.717, 1.165) is 16.5 Å². The van der Waals surface area contributed by atoms with Crippen LogP contribution in [0.3, 0.4) is 0 Å². The number of aliphatic hydroxyl groups excluding tert-OH is 1. The fourth-order valence-electron chi connectivity index (χ4n) is 3.51. The first-order valence-electron chi connectivity index (χ1n) is 10.2.